The van der Waals surface area contributed by atoms with Gasteiger partial charge in [0.1, 0.15) is 5.82 Å². The zero-order valence-electron chi connectivity index (χ0n) is 15.1. The first-order valence-electron chi connectivity index (χ1n) is 9.09. The van der Waals surface area contributed by atoms with E-state index in [9.17, 15) is 14.0 Å². The summed E-state index contributed by atoms with van der Waals surface area (Å²) >= 11 is 0. The summed E-state index contributed by atoms with van der Waals surface area (Å²) in [6.07, 6.45) is 3.87. The van der Waals surface area contributed by atoms with Crippen LogP contribution in [0.15, 0.2) is 71.3 Å². The minimum Gasteiger partial charge on any atom is -0.459 e. The maximum atomic E-state index is 13.2. The number of hydrogen-bond donors (Lipinski definition) is 2. The van der Waals surface area contributed by atoms with Gasteiger partial charge in [0.05, 0.1) is 11.7 Å². The maximum Gasteiger partial charge on any atom is 0.291 e. The molecule has 1 heterocycles. The third kappa shape index (κ3) is 3.41. The maximum absolute atomic E-state index is 13.2. The molecule has 2 N–H and O–H groups in total. The summed E-state index contributed by atoms with van der Waals surface area (Å²) in [5, 5.41) is 5.67. The number of rotatable bonds is 5. The molecule has 1 saturated carbocycles. The third-order valence-corrected chi connectivity index (χ3v) is 5.18. The van der Waals surface area contributed by atoms with Crippen LogP contribution in [-0.4, -0.2) is 11.8 Å². The Labute approximate surface area is 161 Å². The average molecular weight is 378 g/mol. The van der Waals surface area contributed by atoms with E-state index in [2.05, 4.69) is 10.6 Å². The van der Waals surface area contributed by atoms with Crippen molar-refractivity contribution < 1.29 is 18.4 Å². The molecule has 28 heavy (non-hydrogen) atoms. The fraction of sp³-hybridized carbons (Fsp3) is 0.182. The van der Waals surface area contributed by atoms with Crippen molar-refractivity contribution in [2.45, 2.75) is 24.7 Å². The predicted octanol–water partition coefficient (Wildman–Crippen LogP) is 4.73. The summed E-state index contributed by atoms with van der Waals surface area (Å²) in [4.78, 5) is 24.9. The molecule has 1 aliphatic rings. The third-order valence-electron chi connectivity index (χ3n) is 5.18. The molecule has 2 aromatic carbocycles. The van der Waals surface area contributed by atoms with Crippen LogP contribution in [0.3, 0.4) is 0 Å². The molecule has 0 atom stereocenters. The van der Waals surface area contributed by atoms with Crippen LogP contribution in [0.5, 0.6) is 0 Å². The molecule has 0 spiro atoms. The molecule has 0 bridgehead atoms. The second kappa shape index (κ2) is 7.31. The van der Waals surface area contributed by atoms with Crippen LogP contribution < -0.4 is 10.6 Å². The summed E-state index contributed by atoms with van der Waals surface area (Å²) < 4.78 is 18.3. The number of anilines is 2. The minimum atomic E-state index is -0.611. The summed E-state index contributed by atoms with van der Waals surface area (Å²) in [6.45, 7) is 0. The lowest BCUT2D eigenvalue weighted by molar-refractivity contribution is -0.124. The number of hydrogen-bond acceptors (Lipinski definition) is 3. The Hall–Kier alpha value is -3.41. The number of carbonyl (C=O) groups is 2. The van der Waals surface area contributed by atoms with Crippen LogP contribution in [0.2, 0.25) is 0 Å². The highest BCUT2D eigenvalue weighted by Gasteiger charge is 2.45. The molecular formula is C22H19FN2O3. The summed E-state index contributed by atoms with van der Waals surface area (Å²) in [6, 6.07) is 16.2. The zero-order valence-corrected chi connectivity index (χ0v) is 15.1. The Bertz CT molecular complexity index is 976. The molecule has 0 radical (unpaired) electrons. The van der Waals surface area contributed by atoms with Gasteiger partial charge in [-0.15, -0.1) is 0 Å². The van der Waals surface area contributed by atoms with Gasteiger partial charge in [0.15, 0.2) is 5.76 Å². The van der Waals surface area contributed by atoms with E-state index >= 15 is 0 Å². The fourth-order valence-electron chi connectivity index (χ4n) is 3.43. The van der Waals surface area contributed by atoms with Gasteiger partial charge in [-0.2, -0.15) is 0 Å². The molecule has 1 fully saturated rings. The number of furan rings is 1. The van der Waals surface area contributed by atoms with Crippen molar-refractivity contribution in [1.29, 1.82) is 0 Å². The first-order chi connectivity index (χ1) is 13.6. The number of amides is 2. The normalized spacial score (nSPS) is 14.8. The van der Waals surface area contributed by atoms with E-state index < -0.39 is 5.41 Å². The van der Waals surface area contributed by atoms with Crippen molar-refractivity contribution in [3.05, 3.63) is 84.1 Å². The highest BCUT2D eigenvalue weighted by molar-refractivity contribution is 6.03. The molecule has 3 aromatic rings. The fourth-order valence-corrected chi connectivity index (χ4v) is 3.43. The van der Waals surface area contributed by atoms with Gasteiger partial charge in [-0.1, -0.05) is 18.6 Å². The number of halogens is 1. The highest BCUT2D eigenvalue weighted by Crippen LogP contribution is 2.44. The van der Waals surface area contributed by atoms with E-state index in [4.69, 9.17) is 4.42 Å². The Morgan fingerprint density at radius 1 is 0.893 bits per heavy atom. The van der Waals surface area contributed by atoms with Gasteiger partial charge in [0, 0.05) is 11.4 Å². The van der Waals surface area contributed by atoms with E-state index in [1.54, 1.807) is 48.5 Å². The molecule has 1 aliphatic carbocycles. The highest BCUT2D eigenvalue weighted by atomic mass is 19.1. The molecule has 1 aromatic heterocycles. The van der Waals surface area contributed by atoms with Gasteiger partial charge in [-0.05, 0) is 66.9 Å². The van der Waals surface area contributed by atoms with Crippen molar-refractivity contribution >= 4 is 23.2 Å². The molecule has 6 heteroatoms. The molecule has 5 nitrogen and oxygen atoms in total. The summed E-state index contributed by atoms with van der Waals surface area (Å²) in [5.41, 5.74) is 1.45. The van der Waals surface area contributed by atoms with E-state index in [0.29, 0.717) is 11.4 Å². The van der Waals surface area contributed by atoms with E-state index in [1.807, 2.05) is 0 Å². The van der Waals surface area contributed by atoms with Crippen LogP contribution in [-0.2, 0) is 10.2 Å². The van der Waals surface area contributed by atoms with Gasteiger partial charge < -0.3 is 15.1 Å². The largest absolute Gasteiger partial charge is 0.459 e. The van der Waals surface area contributed by atoms with E-state index in [0.717, 1.165) is 24.8 Å². The van der Waals surface area contributed by atoms with Crippen LogP contribution in [0.25, 0.3) is 0 Å². The predicted molar refractivity (Wildman–Crippen MR) is 104 cm³/mol. The monoisotopic (exact) mass is 378 g/mol. The summed E-state index contributed by atoms with van der Waals surface area (Å²) in [7, 11) is 0. The molecule has 142 valence electrons. The van der Waals surface area contributed by atoms with E-state index in [1.165, 1.54) is 18.4 Å². The first kappa shape index (κ1) is 18.0. The lowest BCUT2D eigenvalue weighted by Gasteiger charge is -2.40. The zero-order chi connectivity index (χ0) is 19.6. The standard InChI is InChI=1S/C22H19FN2O3/c23-16-6-4-15(5-7-16)22(12-2-13-22)21(27)25-18-10-8-17(9-11-18)24-20(26)19-3-1-14-28-19/h1,3-11,14H,2,12-13H2,(H,24,26)(H,25,27). The van der Waals surface area contributed by atoms with Crippen molar-refractivity contribution in [2.75, 3.05) is 10.6 Å². The Morgan fingerprint density at radius 2 is 1.54 bits per heavy atom. The lowest BCUT2D eigenvalue weighted by atomic mass is 9.64. The van der Waals surface area contributed by atoms with Gasteiger partial charge in [-0.3, -0.25) is 9.59 Å². The van der Waals surface area contributed by atoms with Gasteiger partial charge in [0.25, 0.3) is 5.91 Å². The second-order valence-electron chi connectivity index (χ2n) is 6.91. The van der Waals surface area contributed by atoms with Crippen LogP contribution in [0.4, 0.5) is 15.8 Å². The van der Waals surface area contributed by atoms with E-state index in [-0.39, 0.29) is 23.4 Å². The minimum absolute atomic E-state index is 0.0993. The van der Waals surface area contributed by atoms with Crippen LogP contribution in [0.1, 0.15) is 35.4 Å². The van der Waals surface area contributed by atoms with Gasteiger partial charge in [0.2, 0.25) is 5.91 Å². The van der Waals surface area contributed by atoms with Crippen molar-refractivity contribution in [2.24, 2.45) is 0 Å². The van der Waals surface area contributed by atoms with Crippen molar-refractivity contribution in [1.82, 2.24) is 0 Å². The van der Waals surface area contributed by atoms with Crippen LogP contribution >= 0.6 is 0 Å². The average Bonchev–Trinajstić information content (AvgIpc) is 3.19. The number of benzene rings is 2. The SMILES string of the molecule is O=C(Nc1ccc(NC(=O)C2(c3ccc(F)cc3)CCC2)cc1)c1ccco1. The topological polar surface area (TPSA) is 71.3 Å². The molecule has 2 amide bonds. The Kier molecular flexibility index (Phi) is 4.69. The molecular weight excluding hydrogens is 359 g/mol. The number of nitrogens with one attached hydrogen (secondary N) is 2. The van der Waals surface area contributed by atoms with Gasteiger partial charge in [-0.25, -0.2) is 4.39 Å². The molecule has 0 aliphatic heterocycles. The smallest absolute Gasteiger partial charge is 0.291 e. The number of carbonyl (C=O) groups excluding carboxylic acids is 2. The molecule has 4 rings (SSSR count). The Morgan fingerprint density at radius 3 is 2.07 bits per heavy atom. The molecule has 0 unspecified atom stereocenters. The van der Waals surface area contributed by atoms with Gasteiger partial charge >= 0.3 is 0 Å². The lowest BCUT2D eigenvalue weighted by Crippen LogP contribution is -2.46. The summed E-state index contributed by atoms with van der Waals surface area (Å²) in [5.74, 6) is -0.529. The Balaban J connectivity index is 1.44. The van der Waals surface area contributed by atoms with Crippen molar-refractivity contribution in [3.63, 3.8) is 0 Å². The quantitative estimate of drug-likeness (QED) is 0.674. The second-order valence-corrected chi connectivity index (χ2v) is 6.91. The van der Waals surface area contributed by atoms with Crippen molar-refractivity contribution in [3.8, 4) is 0 Å². The molecule has 0 saturated heterocycles. The first-order valence-corrected chi connectivity index (χ1v) is 9.09. The van der Waals surface area contributed by atoms with Crippen LogP contribution in [0, 0.1) is 5.82 Å².